The monoisotopic (exact) mass is 478 g/mol. The second kappa shape index (κ2) is 11.6. The van der Waals surface area contributed by atoms with Crippen molar-refractivity contribution in [1.29, 1.82) is 0 Å². The number of rotatable bonds is 12. The van der Waals surface area contributed by atoms with Crippen molar-refractivity contribution < 1.29 is 30.0 Å². The highest BCUT2D eigenvalue weighted by Crippen LogP contribution is 2.18. The normalized spacial score (nSPS) is 12.3. The van der Waals surface area contributed by atoms with Crippen molar-refractivity contribution >= 4 is 38.2 Å². The van der Waals surface area contributed by atoms with Crippen LogP contribution in [0.4, 0.5) is 0 Å². The average Bonchev–Trinajstić information content (AvgIpc) is 2.70. The molecular formula is C23H26O7S2. The maximum Gasteiger partial charge on any atom is 0.309 e. The Morgan fingerprint density at radius 2 is 1.16 bits per heavy atom. The first-order valence-electron chi connectivity index (χ1n) is 10.1. The standard InChI is InChI=1S/C23H26O7S2/c1-3-15-31(25,26)29-22-9-5-7-19(17-22)11-13-21(24)14-12-20-8-6-10-23(18-20)30-32(27,28)16-4-2/h5-14,17-18H,3-4,15-16H2,1-2H3. The molecule has 0 aliphatic heterocycles. The summed E-state index contributed by atoms with van der Waals surface area (Å²) < 4.78 is 57.2. The summed E-state index contributed by atoms with van der Waals surface area (Å²) in [4.78, 5) is 12.2. The van der Waals surface area contributed by atoms with Crippen molar-refractivity contribution in [3.63, 3.8) is 0 Å². The molecule has 172 valence electrons. The summed E-state index contributed by atoms with van der Waals surface area (Å²) in [5.41, 5.74) is 1.21. The molecule has 0 fully saturated rings. The Morgan fingerprint density at radius 3 is 1.53 bits per heavy atom. The molecule has 7 nitrogen and oxygen atoms in total. The topological polar surface area (TPSA) is 104 Å². The summed E-state index contributed by atoms with van der Waals surface area (Å²) in [5.74, 6) is -0.100. The molecule has 0 amide bonds. The van der Waals surface area contributed by atoms with Crippen molar-refractivity contribution in [2.75, 3.05) is 11.5 Å². The van der Waals surface area contributed by atoms with Crippen LogP contribution in [0.1, 0.15) is 37.8 Å². The molecule has 0 unspecified atom stereocenters. The fourth-order valence-corrected chi connectivity index (χ4v) is 4.59. The quantitative estimate of drug-likeness (QED) is 0.332. The molecule has 0 aliphatic carbocycles. The van der Waals surface area contributed by atoms with Gasteiger partial charge in [-0.2, -0.15) is 16.8 Å². The zero-order chi connectivity index (χ0) is 23.6. The lowest BCUT2D eigenvalue weighted by Crippen LogP contribution is -2.13. The number of allylic oxidation sites excluding steroid dienone is 2. The second-order valence-corrected chi connectivity index (χ2v) is 10.3. The first-order valence-corrected chi connectivity index (χ1v) is 13.2. The third-order valence-corrected chi connectivity index (χ3v) is 6.66. The molecular weight excluding hydrogens is 452 g/mol. The van der Waals surface area contributed by atoms with Crippen LogP contribution >= 0.6 is 0 Å². The number of ketones is 1. The molecule has 32 heavy (non-hydrogen) atoms. The lowest BCUT2D eigenvalue weighted by atomic mass is 10.1. The van der Waals surface area contributed by atoms with Crippen LogP contribution in [0, 0.1) is 0 Å². The Kier molecular flexibility index (Phi) is 9.22. The molecule has 2 aromatic rings. The molecule has 0 saturated carbocycles. The van der Waals surface area contributed by atoms with E-state index in [1.54, 1.807) is 50.3 Å². The minimum absolute atomic E-state index is 0.0763. The molecule has 0 aliphatic rings. The van der Waals surface area contributed by atoms with Crippen molar-refractivity contribution in [2.24, 2.45) is 0 Å². The van der Waals surface area contributed by atoms with E-state index in [1.807, 2.05) is 0 Å². The van der Waals surface area contributed by atoms with Gasteiger partial charge in [0.25, 0.3) is 0 Å². The lowest BCUT2D eigenvalue weighted by molar-refractivity contribution is -0.110. The minimum atomic E-state index is -3.64. The van der Waals surface area contributed by atoms with E-state index in [0.29, 0.717) is 24.0 Å². The molecule has 2 rings (SSSR count). The first-order chi connectivity index (χ1) is 15.1. The third-order valence-electron chi connectivity index (χ3n) is 3.95. The van der Waals surface area contributed by atoms with Crippen molar-refractivity contribution in [3.05, 3.63) is 71.8 Å². The lowest BCUT2D eigenvalue weighted by Gasteiger charge is -2.06. The SMILES string of the molecule is CCCS(=O)(=O)Oc1cccc(C=CC(=O)C=Cc2cccc(OS(=O)(=O)CCC)c2)c1. The van der Waals surface area contributed by atoms with Gasteiger partial charge in [0.2, 0.25) is 0 Å². The van der Waals surface area contributed by atoms with Crippen molar-refractivity contribution in [1.82, 2.24) is 0 Å². The molecule has 2 aromatic carbocycles. The number of benzene rings is 2. The van der Waals surface area contributed by atoms with Crippen molar-refractivity contribution in [3.8, 4) is 11.5 Å². The highest BCUT2D eigenvalue weighted by atomic mass is 32.2. The highest BCUT2D eigenvalue weighted by Gasteiger charge is 2.12. The molecule has 0 aromatic heterocycles. The van der Waals surface area contributed by atoms with E-state index in [2.05, 4.69) is 0 Å². The van der Waals surface area contributed by atoms with Crippen molar-refractivity contribution in [2.45, 2.75) is 26.7 Å². The summed E-state index contributed by atoms with van der Waals surface area (Å²) in [6.07, 6.45) is 6.66. The third kappa shape index (κ3) is 9.07. The van der Waals surface area contributed by atoms with Crippen LogP contribution in [-0.4, -0.2) is 34.1 Å². The summed E-state index contributed by atoms with van der Waals surface area (Å²) in [6.45, 7) is 3.49. The van der Waals surface area contributed by atoms with E-state index in [1.165, 1.54) is 36.4 Å². The van der Waals surface area contributed by atoms with Crippen LogP contribution in [0.25, 0.3) is 12.2 Å². The summed E-state index contributed by atoms with van der Waals surface area (Å²) >= 11 is 0. The summed E-state index contributed by atoms with van der Waals surface area (Å²) in [7, 11) is -7.28. The molecule has 0 N–H and O–H groups in total. The molecule has 0 radical (unpaired) electrons. The molecule has 0 saturated heterocycles. The fraction of sp³-hybridized carbons (Fsp3) is 0.261. The van der Waals surface area contributed by atoms with Crippen LogP contribution in [0.2, 0.25) is 0 Å². The maximum atomic E-state index is 12.2. The van der Waals surface area contributed by atoms with Gasteiger partial charge in [0.15, 0.2) is 5.78 Å². The van der Waals surface area contributed by atoms with Gasteiger partial charge in [-0.15, -0.1) is 0 Å². The van der Waals surface area contributed by atoms with Crippen LogP contribution < -0.4 is 8.37 Å². The van der Waals surface area contributed by atoms with Crippen LogP contribution in [0.15, 0.2) is 60.7 Å². The van der Waals surface area contributed by atoms with Gasteiger partial charge >= 0.3 is 20.2 Å². The molecule has 0 heterocycles. The van der Waals surface area contributed by atoms with Gasteiger partial charge in [-0.25, -0.2) is 0 Å². The molecule has 0 atom stereocenters. The molecule has 0 bridgehead atoms. The van der Waals surface area contributed by atoms with Gasteiger partial charge in [0.1, 0.15) is 11.5 Å². The van der Waals surface area contributed by atoms with Gasteiger partial charge in [0, 0.05) is 0 Å². The first kappa shape index (κ1) is 25.4. The Balaban J connectivity index is 2.04. The zero-order valence-corrected chi connectivity index (χ0v) is 19.6. The fourth-order valence-electron chi connectivity index (χ4n) is 2.63. The average molecular weight is 479 g/mol. The molecule has 9 heteroatoms. The van der Waals surface area contributed by atoms with Crippen LogP contribution in [0.5, 0.6) is 11.5 Å². The maximum absolute atomic E-state index is 12.2. The Hall–Kier alpha value is -2.91. The smallest absolute Gasteiger partial charge is 0.309 e. The molecule has 0 spiro atoms. The van der Waals surface area contributed by atoms with Crippen LogP contribution in [0.3, 0.4) is 0 Å². The Bertz CT molecular complexity index is 1100. The largest absolute Gasteiger partial charge is 0.382 e. The van der Waals surface area contributed by atoms with E-state index in [4.69, 9.17) is 8.37 Å². The predicted molar refractivity (Wildman–Crippen MR) is 125 cm³/mol. The van der Waals surface area contributed by atoms with E-state index >= 15 is 0 Å². The van der Waals surface area contributed by atoms with E-state index in [-0.39, 0.29) is 28.8 Å². The number of hydrogen-bond donors (Lipinski definition) is 0. The van der Waals surface area contributed by atoms with Gasteiger partial charge in [0.05, 0.1) is 11.5 Å². The van der Waals surface area contributed by atoms with Gasteiger partial charge in [-0.05, 0) is 60.4 Å². The van der Waals surface area contributed by atoms with E-state index in [0.717, 1.165) is 0 Å². The summed E-state index contributed by atoms with van der Waals surface area (Å²) in [6, 6.07) is 12.8. The second-order valence-electron chi connectivity index (χ2n) is 6.90. The zero-order valence-electron chi connectivity index (χ0n) is 17.9. The highest BCUT2D eigenvalue weighted by molar-refractivity contribution is 7.87. The van der Waals surface area contributed by atoms with E-state index in [9.17, 15) is 21.6 Å². The summed E-state index contributed by atoms with van der Waals surface area (Å²) in [5, 5.41) is 0. The predicted octanol–water partition coefficient (Wildman–Crippen LogP) is 4.22. The number of carbonyl (C=O) groups is 1. The Labute approximate surface area is 189 Å². The minimum Gasteiger partial charge on any atom is -0.382 e. The van der Waals surface area contributed by atoms with E-state index < -0.39 is 20.2 Å². The van der Waals surface area contributed by atoms with Gasteiger partial charge < -0.3 is 8.37 Å². The van der Waals surface area contributed by atoms with Gasteiger partial charge in [-0.3, -0.25) is 4.79 Å². The van der Waals surface area contributed by atoms with Crippen LogP contribution in [-0.2, 0) is 25.0 Å². The number of hydrogen-bond acceptors (Lipinski definition) is 7. The Morgan fingerprint density at radius 1 is 0.750 bits per heavy atom. The van der Waals surface area contributed by atoms with Gasteiger partial charge in [-0.1, -0.05) is 50.3 Å². The number of carbonyl (C=O) groups excluding carboxylic acids is 1.